The van der Waals surface area contributed by atoms with Crippen molar-refractivity contribution in [1.29, 1.82) is 0 Å². The standard InChI is InChI=1S/C16H23BrN2O2/c1-16(2)11-19(10-14(9-17)21-16)15(20)12-5-7-13(8-6-12)18(3)4/h5-8,14H,9-11H2,1-4H3. The molecule has 1 aromatic carbocycles. The lowest BCUT2D eigenvalue weighted by Crippen LogP contribution is -2.55. The summed E-state index contributed by atoms with van der Waals surface area (Å²) in [4.78, 5) is 16.6. The van der Waals surface area contributed by atoms with Crippen molar-refractivity contribution in [3.63, 3.8) is 0 Å². The van der Waals surface area contributed by atoms with E-state index in [1.54, 1.807) is 0 Å². The molecule has 1 atom stereocenters. The number of anilines is 1. The van der Waals surface area contributed by atoms with Crippen LogP contribution in [0.2, 0.25) is 0 Å². The van der Waals surface area contributed by atoms with Crippen LogP contribution in [0.4, 0.5) is 5.69 Å². The number of alkyl halides is 1. The fourth-order valence-electron chi connectivity index (χ4n) is 2.62. The van der Waals surface area contributed by atoms with Crippen molar-refractivity contribution < 1.29 is 9.53 Å². The second-order valence-electron chi connectivity index (χ2n) is 6.28. The molecule has 1 aliphatic heterocycles. The summed E-state index contributed by atoms with van der Waals surface area (Å²) >= 11 is 3.45. The van der Waals surface area contributed by atoms with Crippen LogP contribution in [0.3, 0.4) is 0 Å². The average Bonchev–Trinajstić information content (AvgIpc) is 2.44. The van der Waals surface area contributed by atoms with Crippen LogP contribution >= 0.6 is 15.9 Å². The summed E-state index contributed by atoms with van der Waals surface area (Å²) < 4.78 is 5.94. The van der Waals surface area contributed by atoms with Gasteiger partial charge in [-0.3, -0.25) is 4.79 Å². The molecule has 5 heteroatoms. The average molecular weight is 355 g/mol. The van der Waals surface area contributed by atoms with E-state index in [9.17, 15) is 4.79 Å². The number of carbonyl (C=O) groups is 1. The third-order valence-corrected chi connectivity index (χ3v) is 4.29. The maximum absolute atomic E-state index is 12.7. The van der Waals surface area contributed by atoms with Gasteiger partial charge in [0.2, 0.25) is 0 Å². The number of hydrogen-bond acceptors (Lipinski definition) is 3. The highest BCUT2D eigenvalue weighted by atomic mass is 79.9. The molecule has 21 heavy (non-hydrogen) atoms. The Labute approximate surface area is 135 Å². The lowest BCUT2D eigenvalue weighted by atomic mass is 10.0. The second-order valence-corrected chi connectivity index (χ2v) is 6.93. The van der Waals surface area contributed by atoms with E-state index in [4.69, 9.17) is 4.74 Å². The number of hydrogen-bond donors (Lipinski definition) is 0. The first-order valence-electron chi connectivity index (χ1n) is 7.13. The Morgan fingerprint density at radius 1 is 1.38 bits per heavy atom. The molecule has 4 nitrogen and oxygen atoms in total. The van der Waals surface area contributed by atoms with Crippen LogP contribution in [0, 0.1) is 0 Å². The van der Waals surface area contributed by atoms with E-state index in [1.165, 1.54) is 0 Å². The maximum Gasteiger partial charge on any atom is 0.254 e. The van der Waals surface area contributed by atoms with Gasteiger partial charge < -0.3 is 14.5 Å². The van der Waals surface area contributed by atoms with Gasteiger partial charge in [0.1, 0.15) is 0 Å². The number of carbonyl (C=O) groups excluding carboxylic acids is 1. The Morgan fingerprint density at radius 2 is 2.00 bits per heavy atom. The quantitative estimate of drug-likeness (QED) is 0.782. The molecule has 1 aliphatic rings. The number of nitrogens with zero attached hydrogens (tertiary/aromatic N) is 2. The molecule has 0 radical (unpaired) electrons. The third kappa shape index (κ3) is 3.98. The monoisotopic (exact) mass is 354 g/mol. The molecular formula is C16H23BrN2O2. The largest absolute Gasteiger partial charge is 0.378 e. The number of benzene rings is 1. The SMILES string of the molecule is CN(C)c1ccc(C(=O)N2CC(CBr)OC(C)(C)C2)cc1. The van der Waals surface area contributed by atoms with Crippen molar-refractivity contribution in [2.45, 2.75) is 25.6 Å². The van der Waals surface area contributed by atoms with Crippen molar-refractivity contribution in [1.82, 2.24) is 4.90 Å². The van der Waals surface area contributed by atoms with E-state index in [-0.39, 0.29) is 17.6 Å². The summed E-state index contributed by atoms with van der Waals surface area (Å²) in [6, 6.07) is 7.73. The van der Waals surface area contributed by atoms with Gasteiger partial charge in [-0.15, -0.1) is 0 Å². The number of ether oxygens (including phenoxy) is 1. The van der Waals surface area contributed by atoms with Gasteiger partial charge in [-0.1, -0.05) is 15.9 Å². The third-order valence-electron chi connectivity index (χ3n) is 3.57. The normalized spacial score (nSPS) is 21.2. The van der Waals surface area contributed by atoms with E-state index in [1.807, 2.05) is 62.0 Å². The summed E-state index contributed by atoms with van der Waals surface area (Å²) in [5, 5.41) is 0.736. The lowest BCUT2D eigenvalue weighted by Gasteiger charge is -2.42. The molecule has 0 bridgehead atoms. The van der Waals surface area contributed by atoms with Crippen molar-refractivity contribution in [3.05, 3.63) is 29.8 Å². The van der Waals surface area contributed by atoms with Crippen LogP contribution < -0.4 is 4.90 Å². The molecule has 1 heterocycles. The lowest BCUT2D eigenvalue weighted by molar-refractivity contribution is -0.116. The summed E-state index contributed by atoms with van der Waals surface area (Å²) in [5.41, 5.74) is 1.51. The first-order chi connectivity index (χ1) is 9.82. The molecule has 0 aliphatic carbocycles. The van der Waals surface area contributed by atoms with Gasteiger partial charge in [-0.05, 0) is 38.1 Å². The van der Waals surface area contributed by atoms with Gasteiger partial charge in [-0.25, -0.2) is 0 Å². The molecule has 0 spiro atoms. The highest BCUT2D eigenvalue weighted by molar-refractivity contribution is 9.09. The zero-order valence-corrected chi connectivity index (χ0v) is 14.7. The van der Waals surface area contributed by atoms with E-state index in [2.05, 4.69) is 15.9 Å². The van der Waals surface area contributed by atoms with Crippen LogP contribution in [-0.2, 0) is 4.74 Å². The molecule has 1 saturated heterocycles. The zero-order chi connectivity index (χ0) is 15.6. The zero-order valence-electron chi connectivity index (χ0n) is 13.1. The number of halogens is 1. The van der Waals surface area contributed by atoms with Crippen molar-refractivity contribution >= 4 is 27.5 Å². The molecule has 1 amide bonds. The molecule has 0 aromatic heterocycles. The van der Waals surface area contributed by atoms with Gasteiger partial charge in [-0.2, -0.15) is 0 Å². The van der Waals surface area contributed by atoms with Crippen molar-refractivity contribution in [2.24, 2.45) is 0 Å². The second kappa shape index (κ2) is 6.36. The minimum absolute atomic E-state index is 0.0405. The molecule has 1 fully saturated rings. The van der Waals surface area contributed by atoms with Crippen LogP contribution in [-0.4, -0.2) is 55.0 Å². The highest BCUT2D eigenvalue weighted by Crippen LogP contribution is 2.24. The summed E-state index contributed by atoms with van der Waals surface area (Å²) in [6.45, 7) is 5.29. The van der Waals surface area contributed by atoms with Crippen LogP contribution in [0.15, 0.2) is 24.3 Å². The molecular weight excluding hydrogens is 332 g/mol. The number of rotatable bonds is 3. The van der Waals surface area contributed by atoms with E-state index >= 15 is 0 Å². The first-order valence-corrected chi connectivity index (χ1v) is 8.25. The molecule has 1 aromatic rings. The Morgan fingerprint density at radius 3 is 2.52 bits per heavy atom. The van der Waals surface area contributed by atoms with Crippen molar-refractivity contribution in [3.8, 4) is 0 Å². The Kier molecular flexibility index (Phi) is 4.94. The summed E-state index contributed by atoms with van der Waals surface area (Å²) in [7, 11) is 3.98. The van der Waals surface area contributed by atoms with E-state index in [0.29, 0.717) is 13.1 Å². The predicted molar refractivity (Wildman–Crippen MR) is 89.4 cm³/mol. The topological polar surface area (TPSA) is 32.8 Å². The summed E-state index contributed by atoms with van der Waals surface area (Å²) in [6.07, 6.45) is 0.0405. The molecule has 0 N–H and O–H groups in total. The van der Waals surface area contributed by atoms with Crippen molar-refractivity contribution in [2.75, 3.05) is 37.4 Å². The van der Waals surface area contributed by atoms with Crippen LogP contribution in [0.1, 0.15) is 24.2 Å². The van der Waals surface area contributed by atoms with Gasteiger partial charge in [0, 0.05) is 43.8 Å². The summed E-state index contributed by atoms with van der Waals surface area (Å²) in [5.74, 6) is 0.0719. The molecule has 1 unspecified atom stereocenters. The number of amides is 1. The molecule has 2 rings (SSSR count). The number of morpholine rings is 1. The van der Waals surface area contributed by atoms with E-state index < -0.39 is 0 Å². The smallest absolute Gasteiger partial charge is 0.254 e. The van der Waals surface area contributed by atoms with Crippen LogP contribution in [0.5, 0.6) is 0 Å². The van der Waals surface area contributed by atoms with Crippen LogP contribution in [0.25, 0.3) is 0 Å². The maximum atomic E-state index is 12.7. The van der Waals surface area contributed by atoms with Gasteiger partial charge in [0.25, 0.3) is 5.91 Å². The fraction of sp³-hybridized carbons (Fsp3) is 0.562. The Bertz CT molecular complexity index is 500. The molecule has 0 saturated carbocycles. The van der Waals surface area contributed by atoms with Gasteiger partial charge >= 0.3 is 0 Å². The predicted octanol–water partition coefficient (Wildman–Crippen LogP) is 2.77. The Balaban J connectivity index is 2.14. The van der Waals surface area contributed by atoms with Gasteiger partial charge in [0.05, 0.1) is 11.7 Å². The minimum Gasteiger partial charge on any atom is -0.378 e. The minimum atomic E-state index is -0.310. The Hall–Kier alpha value is -1.07. The highest BCUT2D eigenvalue weighted by Gasteiger charge is 2.35. The molecule has 116 valence electrons. The first kappa shape index (κ1) is 16.3. The van der Waals surface area contributed by atoms with E-state index in [0.717, 1.165) is 16.6 Å². The van der Waals surface area contributed by atoms with Gasteiger partial charge in [0.15, 0.2) is 0 Å². The fourth-order valence-corrected chi connectivity index (χ4v) is 2.95.